The van der Waals surface area contributed by atoms with Crippen LogP contribution in [0.25, 0.3) is 71.0 Å². The summed E-state index contributed by atoms with van der Waals surface area (Å²) in [5, 5.41) is 16.2. The first-order chi connectivity index (χ1) is 31.0. The van der Waals surface area contributed by atoms with E-state index in [-0.39, 0.29) is 0 Å². The first kappa shape index (κ1) is 38.7. The molecule has 0 aliphatic heterocycles. The molecule has 0 radical (unpaired) electrons. The van der Waals surface area contributed by atoms with Gasteiger partial charge in [-0.15, -0.1) is 0 Å². The standard InChI is InChI=1S/C56H37N3P2Se2/c62-60(43-13-4-1-5-14-43,44-15-6-2-7-16-44)48-26-29-52-54(37-48)59-53-36-42(24-27-50(53)55-49-19-11-10-12-38(49)23-28-51(55)56(59)58-52)39-20-21-41-35-47(25-22-40(41)34-39)61(63,45-17-8-3-9-18-45)46-30-32-57-33-31-46/h1-37H. The molecular weight excluding hydrogens is 935 g/mol. The summed E-state index contributed by atoms with van der Waals surface area (Å²) in [5.74, 6) is 0. The van der Waals surface area contributed by atoms with Crippen molar-refractivity contribution in [1.82, 2.24) is 14.4 Å². The fourth-order valence-corrected chi connectivity index (χ4v) is 19.3. The molecule has 0 N–H and O–H groups in total. The third-order valence-electron chi connectivity index (χ3n) is 12.6. The maximum atomic E-state index is 5.45. The Morgan fingerprint density at radius 3 is 1.59 bits per heavy atom. The number of nitrogens with zero attached hydrogens (tertiary/aromatic N) is 3. The third kappa shape index (κ3) is 6.23. The maximum absolute atomic E-state index is 5.45. The Morgan fingerprint density at radius 1 is 0.365 bits per heavy atom. The Kier molecular flexibility index (Phi) is 9.44. The molecule has 12 aromatic rings. The van der Waals surface area contributed by atoms with Crippen molar-refractivity contribution < 1.29 is 0 Å². The molecule has 0 saturated heterocycles. The van der Waals surface area contributed by atoms with Crippen LogP contribution >= 0.6 is 11.0 Å². The number of hydrogen-bond acceptors (Lipinski definition) is 2. The minimum atomic E-state index is -2.12. The van der Waals surface area contributed by atoms with Gasteiger partial charge in [0, 0.05) is 0 Å². The molecule has 0 saturated carbocycles. The van der Waals surface area contributed by atoms with Gasteiger partial charge in [0.25, 0.3) is 0 Å². The van der Waals surface area contributed by atoms with Gasteiger partial charge in [0.1, 0.15) is 0 Å². The second-order valence-electron chi connectivity index (χ2n) is 16.1. The van der Waals surface area contributed by atoms with Gasteiger partial charge in [-0.3, -0.25) is 0 Å². The van der Waals surface area contributed by atoms with Crippen molar-refractivity contribution in [2.45, 2.75) is 0 Å². The average Bonchev–Trinajstić information content (AvgIpc) is 3.76. The third-order valence-corrected chi connectivity index (χ3v) is 26.7. The summed E-state index contributed by atoms with van der Waals surface area (Å²) in [5.41, 5.74) is 2.39. The summed E-state index contributed by atoms with van der Waals surface area (Å²) in [6, 6.07) is 78.1. The summed E-state index contributed by atoms with van der Waals surface area (Å²) in [7, 11) is 0. The van der Waals surface area contributed by atoms with Crippen LogP contribution in [0.2, 0.25) is 0 Å². The van der Waals surface area contributed by atoms with Crippen molar-refractivity contribution >= 4 is 133 Å². The molecule has 9 aromatic carbocycles. The van der Waals surface area contributed by atoms with Gasteiger partial charge >= 0.3 is 383 Å². The van der Waals surface area contributed by atoms with Crippen LogP contribution in [-0.4, -0.2) is 44.6 Å². The van der Waals surface area contributed by atoms with Gasteiger partial charge in [0.05, 0.1) is 0 Å². The van der Waals surface area contributed by atoms with E-state index in [9.17, 15) is 0 Å². The van der Waals surface area contributed by atoms with Crippen molar-refractivity contribution in [1.29, 1.82) is 0 Å². The van der Waals surface area contributed by atoms with Crippen LogP contribution in [-0.2, 0) is 0 Å². The van der Waals surface area contributed by atoms with Crippen LogP contribution in [0.5, 0.6) is 0 Å². The molecule has 3 heterocycles. The van der Waals surface area contributed by atoms with E-state index in [1.165, 1.54) is 75.3 Å². The Labute approximate surface area is 380 Å². The Morgan fingerprint density at radius 2 is 0.889 bits per heavy atom. The molecule has 0 aliphatic carbocycles. The molecule has 1 unspecified atom stereocenters. The topological polar surface area (TPSA) is 30.2 Å². The molecule has 63 heavy (non-hydrogen) atoms. The molecule has 7 heteroatoms. The van der Waals surface area contributed by atoms with Gasteiger partial charge in [-0.25, -0.2) is 0 Å². The first-order valence-corrected chi connectivity index (χ1v) is 29.0. The van der Waals surface area contributed by atoms with Crippen molar-refractivity contribution in [3.8, 4) is 11.1 Å². The molecule has 0 bridgehead atoms. The van der Waals surface area contributed by atoms with Crippen molar-refractivity contribution in [2.24, 2.45) is 0 Å². The van der Waals surface area contributed by atoms with E-state index in [0.717, 1.165) is 27.6 Å². The monoisotopic (exact) mass is 973 g/mol. The Hall–Kier alpha value is -5.98. The van der Waals surface area contributed by atoms with E-state index >= 15 is 0 Å². The van der Waals surface area contributed by atoms with Gasteiger partial charge in [-0.1, -0.05) is 0 Å². The van der Waals surface area contributed by atoms with E-state index < -0.39 is 11.0 Å². The molecule has 12 rings (SSSR count). The van der Waals surface area contributed by atoms with E-state index in [0.29, 0.717) is 0 Å². The first-order valence-electron chi connectivity index (χ1n) is 21.0. The minimum absolute atomic E-state index is 0.970. The molecule has 0 amide bonds. The fourth-order valence-electron chi connectivity index (χ4n) is 9.51. The quantitative estimate of drug-likeness (QED) is 0.0905. The molecule has 1 atom stereocenters. The van der Waals surface area contributed by atoms with Crippen LogP contribution in [0.3, 0.4) is 0 Å². The van der Waals surface area contributed by atoms with Crippen molar-refractivity contribution in [2.75, 3.05) is 0 Å². The van der Waals surface area contributed by atoms with E-state index in [1.54, 1.807) is 0 Å². The van der Waals surface area contributed by atoms with Crippen LogP contribution in [0.1, 0.15) is 0 Å². The Balaban J connectivity index is 1.07. The average molecular weight is 972 g/mol. The normalized spacial score (nSPS) is 13.0. The number of hydrogen-bond donors (Lipinski definition) is 0. The summed E-state index contributed by atoms with van der Waals surface area (Å²) in [4.78, 5) is 9.79. The molecule has 3 aromatic heterocycles. The van der Waals surface area contributed by atoms with Gasteiger partial charge in [0.2, 0.25) is 0 Å². The van der Waals surface area contributed by atoms with Crippen LogP contribution in [0.4, 0.5) is 0 Å². The molecule has 3 nitrogen and oxygen atoms in total. The number of benzene rings is 9. The van der Waals surface area contributed by atoms with Crippen molar-refractivity contribution in [3.05, 3.63) is 225 Å². The van der Waals surface area contributed by atoms with Crippen molar-refractivity contribution in [3.63, 3.8) is 0 Å². The van der Waals surface area contributed by atoms with Gasteiger partial charge in [-0.05, 0) is 0 Å². The van der Waals surface area contributed by atoms with Crippen LogP contribution in [0, 0.1) is 0 Å². The molecule has 0 fully saturated rings. The van der Waals surface area contributed by atoms with Crippen LogP contribution < -0.4 is 31.8 Å². The Bertz CT molecular complexity index is 3770. The van der Waals surface area contributed by atoms with E-state index in [4.69, 9.17) is 4.98 Å². The van der Waals surface area contributed by atoms with Gasteiger partial charge in [-0.2, -0.15) is 0 Å². The number of pyridine rings is 2. The number of fused-ring (bicyclic) bond motifs is 11. The summed E-state index contributed by atoms with van der Waals surface area (Å²) >= 11 is 7.49. The van der Waals surface area contributed by atoms with Crippen LogP contribution in [0.15, 0.2) is 225 Å². The predicted molar refractivity (Wildman–Crippen MR) is 275 cm³/mol. The molecule has 298 valence electrons. The number of aromatic nitrogens is 3. The molecule has 0 spiro atoms. The SMILES string of the molecule is [Se]=P(c1ccccc1)(c1ccncc1)c1ccc2cc(-c3ccc4c5c6ccccc6ccc5c5nc6ccc(P(=[Se])(c7ccccc7)c7ccccc7)cc6n5c4c3)ccc2c1. The zero-order valence-corrected chi connectivity index (χ0v) is 39.1. The zero-order valence-electron chi connectivity index (χ0n) is 33.9. The van der Waals surface area contributed by atoms with Gasteiger partial charge < -0.3 is 0 Å². The fraction of sp³-hybridized carbons (Fsp3) is 0. The second-order valence-corrected chi connectivity index (χ2v) is 28.5. The molecular formula is C56H37N3P2Se2. The summed E-state index contributed by atoms with van der Waals surface area (Å²) in [6.45, 7) is 0. The van der Waals surface area contributed by atoms with Gasteiger partial charge in [0.15, 0.2) is 0 Å². The predicted octanol–water partition coefficient (Wildman–Crippen LogP) is 10.9. The second kappa shape index (κ2) is 15.4. The summed E-state index contributed by atoms with van der Waals surface area (Å²) in [6.07, 6.45) is 3.80. The zero-order chi connectivity index (χ0) is 42.1. The van der Waals surface area contributed by atoms with E-state index in [1.807, 2.05) is 12.4 Å². The summed E-state index contributed by atoms with van der Waals surface area (Å²) < 4.78 is 2.42. The molecule has 0 aliphatic rings. The number of rotatable bonds is 7. The van der Waals surface area contributed by atoms with E-state index in [2.05, 4.69) is 252 Å². The number of imidazole rings is 1.